The second kappa shape index (κ2) is 8.12. The maximum atomic E-state index is 14.0. The first-order chi connectivity index (χ1) is 13.9. The summed E-state index contributed by atoms with van der Waals surface area (Å²) in [5, 5.41) is 6.49. The number of carbonyl (C=O) groups is 1. The summed E-state index contributed by atoms with van der Waals surface area (Å²) in [4.78, 5) is 19.4. The van der Waals surface area contributed by atoms with Gasteiger partial charge in [0.05, 0.1) is 12.1 Å². The minimum Gasteiger partial charge on any atom is -0.399 e. The van der Waals surface area contributed by atoms with Crippen molar-refractivity contribution in [1.82, 2.24) is 15.3 Å². The van der Waals surface area contributed by atoms with Gasteiger partial charge in [-0.05, 0) is 73.0 Å². The molecule has 2 aliphatic carbocycles. The van der Waals surface area contributed by atoms with Crippen LogP contribution >= 0.6 is 11.6 Å². The Labute approximate surface area is 173 Å². The summed E-state index contributed by atoms with van der Waals surface area (Å²) in [5.41, 5.74) is 13.3. The van der Waals surface area contributed by atoms with Crippen molar-refractivity contribution in [2.75, 3.05) is 24.1 Å². The monoisotopic (exact) mass is 418 g/mol. The Morgan fingerprint density at radius 1 is 1.38 bits per heavy atom. The quantitative estimate of drug-likeness (QED) is 0.295. The molecular formula is C20H24ClFN6O. The number of hydrogen-bond donors (Lipinski definition) is 4. The third kappa shape index (κ3) is 4.00. The van der Waals surface area contributed by atoms with Crippen LogP contribution in [0.3, 0.4) is 0 Å². The van der Waals surface area contributed by atoms with Gasteiger partial charge >= 0.3 is 0 Å². The number of rotatable bonds is 8. The summed E-state index contributed by atoms with van der Waals surface area (Å²) in [5.74, 6) is -0.382. The molecule has 9 heteroatoms. The summed E-state index contributed by atoms with van der Waals surface area (Å²) in [6, 6.07) is 7.62. The SMILES string of the molecule is NC(=O)C1C2CC(CNCCc3cccc(N)c3)C2C1Nc1nc(Cl)ncc1F. The van der Waals surface area contributed by atoms with Crippen molar-refractivity contribution in [3.05, 3.63) is 47.1 Å². The van der Waals surface area contributed by atoms with E-state index in [1.54, 1.807) is 0 Å². The van der Waals surface area contributed by atoms with Crippen molar-refractivity contribution < 1.29 is 9.18 Å². The van der Waals surface area contributed by atoms with Crippen LogP contribution in [0.2, 0.25) is 5.28 Å². The number of nitrogens with two attached hydrogens (primary N) is 2. The minimum atomic E-state index is -0.600. The number of carbonyl (C=O) groups excluding carboxylic acids is 1. The number of aromatic nitrogens is 2. The van der Waals surface area contributed by atoms with E-state index in [0.717, 1.165) is 37.8 Å². The predicted octanol–water partition coefficient (Wildman–Crippen LogP) is 1.83. The Balaban J connectivity index is 1.33. The van der Waals surface area contributed by atoms with Gasteiger partial charge in [-0.2, -0.15) is 4.98 Å². The summed E-state index contributed by atoms with van der Waals surface area (Å²) >= 11 is 5.77. The molecule has 1 aromatic carbocycles. The highest BCUT2D eigenvalue weighted by atomic mass is 35.5. The smallest absolute Gasteiger partial charge is 0.224 e. The lowest BCUT2D eigenvalue weighted by Gasteiger charge is -2.62. The second-order valence-corrected chi connectivity index (χ2v) is 8.21. The van der Waals surface area contributed by atoms with E-state index in [1.807, 2.05) is 18.2 Å². The number of halogens is 2. The normalized spacial score (nSPS) is 27.4. The zero-order chi connectivity index (χ0) is 20.5. The summed E-state index contributed by atoms with van der Waals surface area (Å²) < 4.78 is 14.0. The average Bonchev–Trinajstić information content (AvgIpc) is 2.65. The summed E-state index contributed by atoms with van der Waals surface area (Å²) in [7, 11) is 0. The van der Waals surface area contributed by atoms with E-state index in [0.29, 0.717) is 5.92 Å². The number of benzene rings is 1. The zero-order valence-electron chi connectivity index (χ0n) is 15.8. The van der Waals surface area contributed by atoms with Crippen LogP contribution in [0, 0.1) is 29.5 Å². The Bertz CT molecular complexity index is 912. The molecule has 0 radical (unpaired) electrons. The molecule has 4 rings (SSSR count). The van der Waals surface area contributed by atoms with Crippen LogP contribution in [-0.4, -0.2) is 35.0 Å². The molecule has 0 aliphatic heterocycles. The highest BCUT2D eigenvalue weighted by molar-refractivity contribution is 6.28. The number of nitrogens with zero attached hydrogens (tertiary/aromatic N) is 2. The van der Waals surface area contributed by atoms with E-state index >= 15 is 0 Å². The van der Waals surface area contributed by atoms with Crippen molar-refractivity contribution in [2.45, 2.75) is 18.9 Å². The van der Waals surface area contributed by atoms with Gasteiger partial charge in [0.1, 0.15) is 0 Å². The van der Waals surface area contributed by atoms with Gasteiger partial charge in [-0.15, -0.1) is 0 Å². The molecule has 29 heavy (non-hydrogen) atoms. The lowest BCUT2D eigenvalue weighted by atomic mass is 9.45. The highest BCUT2D eigenvalue weighted by Crippen LogP contribution is 2.58. The molecule has 0 bridgehead atoms. The van der Waals surface area contributed by atoms with E-state index in [4.69, 9.17) is 23.1 Å². The Morgan fingerprint density at radius 3 is 2.97 bits per heavy atom. The van der Waals surface area contributed by atoms with Crippen LogP contribution in [0.15, 0.2) is 30.5 Å². The third-order valence-electron chi connectivity index (χ3n) is 6.17. The maximum Gasteiger partial charge on any atom is 0.224 e. The number of amides is 1. The van der Waals surface area contributed by atoms with E-state index in [2.05, 4.69) is 26.7 Å². The van der Waals surface area contributed by atoms with Crippen molar-refractivity contribution in [2.24, 2.45) is 29.4 Å². The van der Waals surface area contributed by atoms with Crippen LogP contribution in [0.1, 0.15) is 12.0 Å². The van der Waals surface area contributed by atoms with Crippen LogP contribution < -0.4 is 22.1 Å². The maximum absolute atomic E-state index is 14.0. The molecule has 1 amide bonds. The standard InChI is InChI=1S/C20H24ClFN6O/c21-20-26-9-14(22)19(28-20)27-17-15-11(7-13(15)16(17)18(24)29)8-25-5-4-10-2-1-3-12(23)6-10/h1-3,6,9,11,13,15-17,25H,4-5,7-8,23H2,(H2,24,29)(H,26,27,28). The lowest BCUT2D eigenvalue weighted by Crippen LogP contribution is -2.69. The fourth-order valence-corrected chi connectivity index (χ4v) is 4.92. The minimum absolute atomic E-state index is 0.0139. The summed E-state index contributed by atoms with van der Waals surface area (Å²) in [6.45, 7) is 1.67. The van der Waals surface area contributed by atoms with Gasteiger partial charge in [0, 0.05) is 11.7 Å². The molecule has 5 unspecified atom stereocenters. The molecule has 1 aromatic heterocycles. The fourth-order valence-electron chi connectivity index (χ4n) is 4.79. The fraction of sp³-hybridized carbons (Fsp3) is 0.450. The van der Waals surface area contributed by atoms with Gasteiger partial charge in [0.2, 0.25) is 11.2 Å². The molecule has 7 nitrogen and oxygen atoms in total. The van der Waals surface area contributed by atoms with E-state index in [9.17, 15) is 9.18 Å². The molecule has 2 aliphatic rings. The molecule has 6 N–H and O–H groups in total. The number of anilines is 2. The van der Waals surface area contributed by atoms with Gasteiger partial charge in [-0.25, -0.2) is 9.37 Å². The highest BCUT2D eigenvalue weighted by Gasteiger charge is 2.62. The van der Waals surface area contributed by atoms with Gasteiger partial charge < -0.3 is 22.1 Å². The molecule has 5 atom stereocenters. The van der Waals surface area contributed by atoms with E-state index < -0.39 is 5.82 Å². The van der Waals surface area contributed by atoms with Crippen LogP contribution in [-0.2, 0) is 11.2 Å². The molecular weight excluding hydrogens is 395 g/mol. The third-order valence-corrected chi connectivity index (χ3v) is 6.35. The Kier molecular flexibility index (Phi) is 5.56. The first kappa shape index (κ1) is 19.8. The lowest BCUT2D eigenvalue weighted by molar-refractivity contribution is -0.148. The van der Waals surface area contributed by atoms with Gasteiger partial charge in [0.15, 0.2) is 11.6 Å². The molecule has 2 aromatic rings. The first-order valence-corrected chi connectivity index (χ1v) is 10.1. The average molecular weight is 419 g/mol. The molecule has 0 spiro atoms. The molecule has 1 heterocycles. The second-order valence-electron chi connectivity index (χ2n) is 7.87. The molecule has 2 fully saturated rings. The predicted molar refractivity (Wildman–Crippen MR) is 110 cm³/mol. The van der Waals surface area contributed by atoms with Gasteiger partial charge in [0.25, 0.3) is 0 Å². The number of nitrogens with one attached hydrogen (secondary N) is 2. The largest absolute Gasteiger partial charge is 0.399 e. The van der Waals surface area contributed by atoms with Crippen LogP contribution in [0.25, 0.3) is 0 Å². The van der Waals surface area contributed by atoms with Crippen LogP contribution in [0.5, 0.6) is 0 Å². The van der Waals surface area contributed by atoms with Gasteiger partial charge in [-0.3, -0.25) is 4.79 Å². The van der Waals surface area contributed by atoms with Crippen molar-refractivity contribution in [1.29, 1.82) is 0 Å². The molecule has 154 valence electrons. The summed E-state index contributed by atoms with van der Waals surface area (Å²) in [6.07, 6.45) is 2.85. The number of fused-ring (bicyclic) bond motifs is 1. The zero-order valence-corrected chi connectivity index (χ0v) is 16.6. The number of primary amides is 1. The first-order valence-electron chi connectivity index (χ1n) is 9.73. The number of nitrogen functional groups attached to an aromatic ring is 1. The van der Waals surface area contributed by atoms with Crippen molar-refractivity contribution in [3.8, 4) is 0 Å². The van der Waals surface area contributed by atoms with Gasteiger partial charge in [-0.1, -0.05) is 12.1 Å². The van der Waals surface area contributed by atoms with E-state index in [-0.39, 0.29) is 40.8 Å². The Morgan fingerprint density at radius 2 is 2.21 bits per heavy atom. The van der Waals surface area contributed by atoms with Crippen molar-refractivity contribution in [3.63, 3.8) is 0 Å². The molecule has 0 saturated heterocycles. The Hall–Kier alpha value is -2.45. The topological polar surface area (TPSA) is 119 Å². The van der Waals surface area contributed by atoms with Crippen LogP contribution in [0.4, 0.5) is 15.9 Å². The number of hydrogen-bond acceptors (Lipinski definition) is 6. The van der Waals surface area contributed by atoms with Crippen molar-refractivity contribution >= 4 is 29.0 Å². The van der Waals surface area contributed by atoms with E-state index in [1.165, 1.54) is 5.56 Å². The molecule has 2 saturated carbocycles.